The molecule has 1 aliphatic rings. The van der Waals surface area contributed by atoms with Crippen molar-refractivity contribution in [1.29, 1.82) is 0 Å². The van der Waals surface area contributed by atoms with Gasteiger partial charge in [0.15, 0.2) is 0 Å². The van der Waals surface area contributed by atoms with E-state index in [0.717, 1.165) is 18.4 Å². The smallest absolute Gasteiger partial charge is 0.0827 e. The summed E-state index contributed by atoms with van der Waals surface area (Å²) in [6.07, 6.45) is 1.71. The molecule has 3 rings (SSSR count). The molecule has 1 heterocycles. The van der Waals surface area contributed by atoms with E-state index in [9.17, 15) is 5.11 Å². The zero-order valence-electron chi connectivity index (χ0n) is 8.97. The summed E-state index contributed by atoms with van der Waals surface area (Å²) in [6, 6.07) is 10.4. The largest absolute Gasteiger partial charge is 0.388 e. The average Bonchev–Trinajstić information content (AvgIpc) is 2.90. The number of hydrogen-bond acceptors (Lipinski definition) is 2. The Labute approximate surface area is 99.4 Å². The second kappa shape index (κ2) is 4.04. The van der Waals surface area contributed by atoms with Crippen LogP contribution in [0.15, 0.2) is 41.1 Å². The maximum atomic E-state index is 10.2. The Morgan fingerprint density at radius 2 is 2.12 bits per heavy atom. The highest BCUT2D eigenvalue weighted by Crippen LogP contribution is 2.37. The number of aliphatic hydroxyl groups excluding tert-OH is 1. The van der Waals surface area contributed by atoms with Crippen molar-refractivity contribution in [3.63, 3.8) is 0 Å². The van der Waals surface area contributed by atoms with Crippen LogP contribution in [0, 0.1) is 5.92 Å². The van der Waals surface area contributed by atoms with Crippen LogP contribution in [-0.2, 0) is 12.8 Å². The van der Waals surface area contributed by atoms with Gasteiger partial charge < -0.3 is 5.11 Å². The SMILES string of the molecule is OC1c2ccccc2CC1Cc1ccsc1. The van der Waals surface area contributed by atoms with Crippen LogP contribution in [0.3, 0.4) is 0 Å². The van der Waals surface area contributed by atoms with E-state index < -0.39 is 0 Å². The molecule has 2 heteroatoms. The van der Waals surface area contributed by atoms with Crippen molar-refractivity contribution in [2.45, 2.75) is 18.9 Å². The van der Waals surface area contributed by atoms with Crippen molar-refractivity contribution in [2.75, 3.05) is 0 Å². The minimum atomic E-state index is -0.281. The lowest BCUT2D eigenvalue weighted by Crippen LogP contribution is -2.09. The van der Waals surface area contributed by atoms with Crippen molar-refractivity contribution >= 4 is 11.3 Å². The predicted octanol–water partition coefficient (Wildman–Crippen LogP) is 3.20. The first-order chi connectivity index (χ1) is 7.84. The molecular formula is C14H14OS. The van der Waals surface area contributed by atoms with Crippen molar-refractivity contribution in [3.05, 3.63) is 57.8 Å². The number of hydrogen-bond donors (Lipinski definition) is 1. The van der Waals surface area contributed by atoms with E-state index in [2.05, 4.69) is 29.0 Å². The summed E-state index contributed by atoms with van der Waals surface area (Å²) < 4.78 is 0. The molecule has 1 nitrogen and oxygen atoms in total. The second-order valence-corrected chi connectivity index (χ2v) is 5.22. The van der Waals surface area contributed by atoms with Crippen molar-refractivity contribution in [1.82, 2.24) is 0 Å². The molecule has 0 saturated carbocycles. The maximum Gasteiger partial charge on any atom is 0.0827 e. The van der Waals surface area contributed by atoms with Crippen LogP contribution in [0.2, 0.25) is 0 Å². The first-order valence-corrected chi connectivity index (χ1v) is 6.56. The molecular weight excluding hydrogens is 216 g/mol. The van der Waals surface area contributed by atoms with Crippen LogP contribution >= 0.6 is 11.3 Å². The average molecular weight is 230 g/mol. The molecule has 82 valence electrons. The third-order valence-corrected chi connectivity index (χ3v) is 4.11. The fourth-order valence-corrected chi connectivity index (χ4v) is 3.23. The molecule has 0 fully saturated rings. The van der Waals surface area contributed by atoms with Crippen LogP contribution in [-0.4, -0.2) is 5.11 Å². The molecule has 0 saturated heterocycles. The lowest BCUT2D eigenvalue weighted by Gasteiger charge is -2.13. The maximum absolute atomic E-state index is 10.2. The van der Waals surface area contributed by atoms with E-state index >= 15 is 0 Å². The zero-order valence-corrected chi connectivity index (χ0v) is 9.78. The van der Waals surface area contributed by atoms with Gasteiger partial charge >= 0.3 is 0 Å². The van der Waals surface area contributed by atoms with Gasteiger partial charge in [0.2, 0.25) is 0 Å². The monoisotopic (exact) mass is 230 g/mol. The van der Waals surface area contributed by atoms with Gasteiger partial charge in [0, 0.05) is 0 Å². The third kappa shape index (κ3) is 1.68. The molecule has 2 atom stereocenters. The molecule has 1 aromatic carbocycles. The standard InChI is InChI=1S/C14H14OS/c15-14-12(7-10-5-6-16-9-10)8-11-3-1-2-4-13(11)14/h1-6,9,12,14-15H,7-8H2. The minimum absolute atomic E-state index is 0.281. The Kier molecular flexibility index (Phi) is 2.54. The summed E-state index contributed by atoms with van der Waals surface area (Å²) in [4.78, 5) is 0. The molecule has 16 heavy (non-hydrogen) atoms. The highest BCUT2D eigenvalue weighted by Gasteiger charge is 2.30. The molecule has 2 unspecified atom stereocenters. The van der Waals surface area contributed by atoms with Crippen LogP contribution in [0.25, 0.3) is 0 Å². The van der Waals surface area contributed by atoms with Gasteiger partial charge in [-0.3, -0.25) is 0 Å². The topological polar surface area (TPSA) is 20.2 Å². The first-order valence-electron chi connectivity index (χ1n) is 5.61. The predicted molar refractivity (Wildman–Crippen MR) is 66.6 cm³/mol. The van der Waals surface area contributed by atoms with Gasteiger partial charge in [-0.2, -0.15) is 11.3 Å². The highest BCUT2D eigenvalue weighted by atomic mass is 32.1. The summed E-state index contributed by atoms with van der Waals surface area (Å²) in [5.74, 6) is 0.354. The van der Waals surface area contributed by atoms with Crippen LogP contribution in [0.1, 0.15) is 22.8 Å². The van der Waals surface area contributed by atoms with Gasteiger partial charge in [0.1, 0.15) is 0 Å². The summed E-state index contributed by atoms with van der Waals surface area (Å²) in [5, 5.41) is 14.5. The van der Waals surface area contributed by atoms with Gasteiger partial charge in [-0.25, -0.2) is 0 Å². The normalized spacial score (nSPS) is 23.3. The van der Waals surface area contributed by atoms with E-state index in [1.807, 2.05) is 12.1 Å². The molecule has 0 spiro atoms. The fraction of sp³-hybridized carbons (Fsp3) is 0.286. The Bertz CT molecular complexity index is 473. The Morgan fingerprint density at radius 1 is 1.25 bits per heavy atom. The fourth-order valence-electron chi connectivity index (χ4n) is 2.55. The molecule has 0 aliphatic heterocycles. The summed E-state index contributed by atoms with van der Waals surface area (Å²) in [6.45, 7) is 0. The zero-order chi connectivity index (χ0) is 11.0. The first kappa shape index (κ1) is 10.1. The number of aliphatic hydroxyl groups is 1. The van der Waals surface area contributed by atoms with Gasteiger partial charge in [-0.15, -0.1) is 0 Å². The number of thiophene rings is 1. The molecule has 0 amide bonds. The van der Waals surface area contributed by atoms with Crippen molar-refractivity contribution in [3.8, 4) is 0 Å². The van der Waals surface area contributed by atoms with Gasteiger partial charge in [0.25, 0.3) is 0 Å². The van der Waals surface area contributed by atoms with Gasteiger partial charge in [-0.1, -0.05) is 24.3 Å². The van der Waals surface area contributed by atoms with Crippen molar-refractivity contribution in [2.24, 2.45) is 5.92 Å². The molecule has 1 aliphatic carbocycles. The Balaban J connectivity index is 1.82. The molecule has 1 aromatic heterocycles. The Morgan fingerprint density at radius 3 is 2.88 bits per heavy atom. The minimum Gasteiger partial charge on any atom is -0.388 e. The van der Waals surface area contributed by atoms with Crippen LogP contribution in [0.4, 0.5) is 0 Å². The number of benzene rings is 1. The molecule has 0 radical (unpaired) electrons. The third-order valence-electron chi connectivity index (χ3n) is 3.38. The number of fused-ring (bicyclic) bond motifs is 1. The van der Waals surface area contributed by atoms with Crippen LogP contribution < -0.4 is 0 Å². The number of rotatable bonds is 2. The van der Waals surface area contributed by atoms with E-state index in [-0.39, 0.29) is 6.10 Å². The second-order valence-electron chi connectivity index (χ2n) is 4.44. The summed E-state index contributed by atoms with van der Waals surface area (Å²) in [7, 11) is 0. The van der Waals surface area contributed by atoms with E-state index in [1.54, 1.807) is 11.3 Å². The van der Waals surface area contributed by atoms with E-state index in [1.165, 1.54) is 11.1 Å². The van der Waals surface area contributed by atoms with Gasteiger partial charge in [0.05, 0.1) is 6.10 Å². The van der Waals surface area contributed by atoms with E-state index in [0.29, 0.717) is 5.92 Å². The quantitative estimate of drug-likeness (QED) is 0.840. The molecule has 2 aromatic rings. The lowest BCUT2D eigenvalue weighted by molar-refractivity contribution is 0.123. The van der Waals surface area contributed by atoms with Crippen molar-refractivity contribution < 1.29 is 5.11 Å². The summed E-state index contributed by atoms with van der Waals surface area (Å²) >= 11 is 1.73. The molecule has 1 N–H and O–H groups in total. The van der Waals surface area contributed by atoms with E-state index in [4.69, 9.17) is 0 Å². The summed E-state index contributed by atoms with van der Waals surface area (Å²) in [5.41, 5.74) is 3.79. The van der Waals surface area contributed by atoms with Crippen LogP contribution in [0.5, 0.6) is 0 Å². The van der Waals surface area contributed by atoms with Gasteiger partial charge in [-0.05, 0) is 52.3 Å². The highest BCUT2D eigenvalue weighted by molar-refractivity contribution is 7.07. The lowest BCUT2D eigenvalue weighted by atomic mass is 9.96. The molecule has 0 bridgehead atoms. The Hall–Kier alpha value is -1.12.